The Bertz CT molecular complexity index is 858. The number of halogens is 1. The maximum Gasteiger partial charge on any atom is 0.252 e. The van der Waals surface area contributed by atoms with Crippen molar-refractivity contribution in [1.29, 1.82) is 0 Å². The van der Waals surface area contributed by atoms with E-state index < -0.39 is 10.0 Å². The van der Waals surface area contributed by atoms with Crippen LogP contribution in [-0.2, 0) is 16.6 Å². The second-order valence-electron chi connectivity index (χ2n) is 5.88. The first kappa shape index (κ1) is 18.4. The van der Waals surface area contributed by atoms with Gasteiger partial charge >= 0.3 is 0 Å². The lowest BCUT2D eigenvalue weighted by molar-refractivity contribution is 0.0951. The Labute approximate surface area is 156 Å². The van der Waals surface area contributed by atoms with Crippen molar-refractivity contribution in [3.05, 3.63) is 51.9 Å². The molecule has 2 heterocycles. The summed E-state index contributed by atoms with van der Waals surface area (Å²) in [6, 6.07) is 10.1. The van der Waals surface area contributed by atoms with Crippen molar-refractivity contribution in [3.63, 3.8) is 0 Å². The number of carbonyl (C=O) groups excluding carboxylic acids is 1. The van der Waals surface area contributed by atoms with E-state index in [0.29, 0.717) is 27.9 Å². The number of benzene rings is 1. The van der Waals surface area contributed by atoms with Gasteiger partial charge < -0.3 is 5.32 Å². The molecule has 0 bridgehead atoms. The number of piperidine rings is 1. The molecule has 1 aliphatic heterocycles. The second-order valence-corrected chi connectivity index (χ2v) is 9.65. The van der Waals surface area contributed by atoms with E-state index in [-0.39, 0.29) is 12.5 Å². The Balaban J connectivity index is 1.64. The Kier molecular flexibility index (Phi) is 5.78. The van der Waals surface area contributed by atoms with Gasteiger partial charge in [-0.15, -0.1) is 11.3 Å². The van der Waals surface area contributed by atoms with Gasteiger partial charge in [-0.05, 0) is 43.2 Å². The van der Waals surface area contributed by atoms with Crippen LogP contribution >= 0.6 is 22.9 Å². The van der Waals surface area contributed by atoms with E-state index >= 15 is 0 Å². The first-order chi connectivity index (χ1) is 12.0. The van der Waals surface area contributed by atoms with Crippen LogP contribution in [0.25, 0.3) is 0 Å². The number of hydrogen-bond acceptors (Lipinski definition) is 4. The molecule has 134 valence electrons. The number of carbonyl (C=O) groups is 1. The third-order valence-electron chi connectivity index (χ3n) is 4.06. The average Bonchev–Trinajstić information content (AvgIpc) is 3.10. The third kappa shape index (κ3) is 4.41. The van der Waals surface area contributed by atoms with Gasteiger partial charge in [0.05, 0.1) is 6.54 Å². The number of amides is 1. The lowest BCUT2D eigenvalue weighted by Gasteiger charge is -2.25. The highest BCUT2D eigenvalue weighted by molar-refractivity contribution is 7.91. The van der Waals surface area contributed by atoms with E-state index in [2.05, 4.69) is 5.32 Å². The Morgan fingerprint density at radius 2 is 1.92 bits per heavy atom. The van der Waals surface area contributed by atoms with Crippen LogP contribution in [0.1, 0.15) is 34.5 Å². The molecule has 1 saturated heterocycles. The van der Waals surface area contributed by atoms with E-state index in [1.54, 1.807) is 40.7 Å². The summed E-state index contributed by atoms with van der Waals surface area (Å²) in [5.74, 6) is -0.240. The van der Waals surface area contributed by atoms with Crippen LogP contribution in [0, 0.1) is 0 Å². The lowest BCUT2D eigenvalue weighted by atomic mass is 10.2. The van der Waals surface area contributed by atoms with Crippen molar-refractivity contribution in [2.75, 3.05) is 13.1 Å². The van der Waals surface area contributed by atoms with Crippen molar-refractivity contribution in [2.24, 2.45) is 0 Å². The highest BCUT2D eigenvalue weighted by Gasteiger charge is 2.27. The topological polar surface area (TPSA) is 66.5 Å². The Morgan fingerprint density at radius 1 is 1.16 bits per heavy atom. The van der Waals surface area contributed by atoms with Gasteiger partial charge in [0.15, 0.2) is 0 Å². The zero-order valence-electron chi connectivity index (χ0n) is 13.6. The zero-order chi connectivity index (χ0) is 17.9. The summed E-state index contributed by atoms with van der Waals surface area (Å²) in [4.78, 5) is 12.9. The van der Waals surface area contributed by atoms with E-state index in [4.69, 9.17) is 11.6 Å². The molecule has 0 radical (unpaired) electrons. The quantitative estimate of drug-likeness (QED) is 0.838. The minimum atomic E-state index is -3.42. The highest BCUT2D eigenvalue weighted by atomic mass is 35.5. The SMILES string of the molecule is O=C(NCc1ccc(S(=O)(=O)N2CCCCC2)s1)c1cccc(Cl)c1. The molecule has 8 heteroatoms. The van der Waals surface area contributed by atoms with Crippen molar-refractivity contribution in [2.45, 2.75) is 30.0 Å². The minimum absolute atomic E-state index is 0.240. The van der Waals surface area contributed by atoms with Crippen molar-refractivity contribution < 1.29 is 13.2 Å². The second kappa shape index (κ2) is 7.86. The molecule has 1 N–H and O–H groups in total. The van der Waals surface area contributed by atoms with Crippen LogP contribution in [0.5, 0.6) is 0 Å². The van der Waals surface area contributed by atoms with Crippen LogP contribution < -0.4 is 5.32 Å². The van der Waals surface area contributed by atoms with Gasteiger partial charge in [0.2, 0.25) is 0 Å². The molecule has 25 heavy (non-hydrogen) atoms. The predicted molar refractivity (Wildman–Crippen MR) is 99.6 cm³/mol. The van der Waals surface area contributed by atoms with Gasteiger partial charge in [-0.1, -0.05) is 24.1 Å². The van der Waals surface area contributed by atoms with E-state index in [0.717, 1.165) is 24.1 Å². The summed E-state index contributed by atoms with van der Waals surface area (Å²) in [6.07, 6.45) is 2.90. The molecule has 1 aromatic carbocycles. The standard InChI is InChI=1S/C17H19ClN2O3S2/c18-14-6-4-5-13(11-14)17(21)19-12-15-7-8-16(24-15)25(22,23)20-9-2-1-3-10-20/h4-8,11H,1-3,9-10,12H2,(H,19,21). The largest absolute Gasteiger partial charge is 0.347 e. The monoisotopic (exact) mass is 398 g/mol. The fourth-order valence-electron chi connectivity index (χ4n) is 2.72. The summed E-state index contributed by atoms with van der Waals surface area (Å²) in [6.45, 7) is 1.45. The van der Waals surface area contributed by atoms with Crippen LogP contribution in [-0.4, -0.2) is 31.7 Å². The summed E-state index contributed by atoms with van der Waals surface area (Å²) < 4.78 is 27.2. The molecule has 1 aliphatic rings. The summed E-state index contributed by atoms with van der Waals surface area (Å²) >= 11 is 7.09. The maximum atomic E-state index is 12.6. The highest BCUT2D eigenvalue weighted by Crippen LogP contribution is 2.27. The molecule has 5 nitrogen and oxygen atoms in total. The normalized spacial score (nSPS) is 15.9. The van der Waals surface area contributed by atoms with Gasteiger partial charge in [0.25, 0.3) is 15.9 Å². The average molecular weight is 399 g/mol. The molecule has 0 aliphatic carbocycles. The number of nitrogens with one attached hydrogen (secondary N) is 1. The molecule has 0 spiro atoms. The zero-order valence-corrected chi connectivity index (χ0v) is 16.0. The summed E-state index contributed by atoms with van der Waals surface area (Å²) in [7, 11) is -3.42. The Morgan fingerprint density at radius 3 is 2.64 bits per heavy atom. The van der Waals surface area contributed by atoms with E-state index in [9.17, 15) is 13.2 Å². The molecule has 2 aromatic rings. The van der Waals surface area contributed by atoms with Crippen molar-refractivity contribution >= 4 is 38.9 Å². The lowest BCUT2D eigenvalue weighted by Crippen LogP contribution is -2.35. The first-order valence-electron chi connectivity index (χ1n) is 8.09. The molecular formula is C17H19ClN2O3S2. The van der Waals surface area contributed by atoms with Gasteiger partial charge in [-0.2, -0.15) is 4.31 Å². The third-order valence-corrected chi connectivity index (χ3v) is 7.74. The fourth-order valence-corrected chi connectivity index (χ4v) is 5.88. The van der Waals surface area contributed by atoms with Crippen LogP contribution in [0.3, 0.4) is 0 Å². The number of hydrogen-bond donors (Lipinski definition) is 1. The molecule has 1 fully saturated rings. The fraction of sp³-hybridized carbons (Fsp3) is 0.353. The number of thiophene rings is 1. The Hall–Kier alpha value is -1.41. The first-order valence-corrected chi connectivity index (χ1v) is 10.7. The molecular weight excluding hydrogens is 380 g/mol. The predicted octanol–water partition coefficient (Wildman–Crippen LogP) is 3.51. The smallest absolute Gasteiger partial charge is 0.252 e. The van der Waals surface area contributed by atoms with Gasteiger partial charge in [-0.25, -0.2) is 8.42 Å². The van der Waals surface area contributed by atoms with Crippen LogP contribution in [0.2, 0.25) is 5.02 Å². The maximum absolute atomic E-state index is 12.6. The molecule has 1 amide bonds. The summed E-state index contributed by atoms with van der Waals surface area (Å²) in [5, 5.41) is 3.29. The number of rotatable bonds is 5. The van der Waals surface area contributed by atoms with E-state index in [1.165, 1.54) is 11.3 Å². The van der Waals surface area contributed by atoms with Crippen LogP contribution in [0.4, 0.5) is 0 Å². The van der Waals surface area contributed by atoms with Gasteiger partial charge in [0, 0.05) is 28.6 Å². The van der Waals surface area contributed by atoms with Crippen molar-refractivity contribution in [3.8, 4) is 0 Å². The summed E-state index contributed by atoms with van der Waals surface area (Å²) in [5.41, 5.74) is 0.477. The number of sulfonamides is 1. The van der Waals surface area contributed by atoms with Crippen LogP contribution in [0.15, 0.2) is 40.6 Å². The molecule has 1 aromatic heterocycles. The van der Waals surface area contributed by atoms with Crippen molar-refractivity contribution in [1.82, 2.24) is 9.62 Å². The van der Waals surface area contributed by atoms with Gasteiger partial charge in [0.1, 0.15) is 4.21 Å². The molecule has 0 unspecified atom stereocenters. The number of nitrogens with zero attached hydrogens (tertiary/aromatic N) is 1. The molecule has 0 saturated carbocycles. The van der Waals surface area contributed by atoms with E-state index in [1.807, 2.05) is 0 Å². The minimum Gasteiger partial charge on any atom is -0.347 e. The molecule has 3 rings (SSSR count). The molecule has 0 atom stereocenters. The van der Waals surface area contributed by atoms with Gasteiger partial charge in [-0.3, -0.25) is 4.79 Å².